The summed E-state index contributed by atoms with van der Waals surface area (Å²) in [4.78, 5) is 20.9. The highest BCUT2D eigenvalue weighted by molar-refractivity contribution is 5.90. The molecule has 0 aliphatic heterocycles. The predicted octanol–water partition coefficient (Wildman–Crippen LogP) is 1.07. The standard InChI is InChI=1S/C9H5NO3/c10-4-6-1-7(5-11)3-8(2-6)9(12)13/h1-3,5H,(H,12,13). The first kappa shape index (κ1) is 8.94. The van der Waals surface area contributed by atoms with Crippen LogP contribution in [0.4, 0.5) is 0 Å². The van der Waals surface area contributed by atoms with Crippen LogP contribution in [0, 0.1) is 11.3 Å². The molecule has 1 aromatic carbocycles. The monoisotopic (exact) mass is 175 g/mol. The third kappa shape index (κ3) is 1.91. The lowest BCUT2D eigenvalue weighted by atomic mass is 10.1. The highest BCUT2D eigenvalue weighted by Crippen LogP contribution is 2.08. The summed E-state index contributed by atoms with van der Waals surface area (Å²) in [6.07, 6.45) is 0.507. The van der Waals surface area contributed by atoms with Gasteiger partial charge in [-0.2, -0.15) is 5.26 Å². The molecule has 1 N–H and O–H groups in total. The molecule has 0 bridgehead atoms. The maximum atomic E-state index is 10.5. The SMILES string of the molecule is N#Cc1cc(C=O)cc(C(=O)O)c1. The highest BCUT2D eigenvalue weighted by atomic mass is 16.4. The Balaban J connectivity index is 3.32. The number of nitrogens with zero attached hydrogens (tertiary/aromatic N) is 1. The van der Waals surface area contributed by atoms with E-state index in [1.54, 1.807) is 6.07 Å². The molecule has 1 aromatic rings. The summed E-state index contributed by atoms with van der Waals surface area (Å²) in [6.45, 7) is 0. The van der Waals surface area contributed by atoms with Gasteiger partial charge in [0.25, 0.3) is 0 Å². The van der Waals surface area contributed by atoms with Crippen LogP contribution in [0.5, 0.6) is 0 Å². The summed E-state index contributed by atoms with van der Waals surface area (Å²) in [5, 5.41) is 17.1. The van der Waals surface area contributed by atoms with E-state index in [2.05, 4.69) is 0 Å². The topological polar surface area (TPSA) is 78.2 Å². The number of hydrogen-bond acceptors (Lipinski definition) is 3. The first-order valence-electron chi connectivity index (χ1n) is 3.41. The number of carboxylic acid groups (broad SMARTS) is 1. The molecule has 0 amide bonds. The van der Waals surface area contributed by atoms with Crippen LogP contribution in [0.25, 0.3) is 0 Å². The quantitative estimate of drug-likeness (QED) is 0.682. The zero-order chi connectivity index (χ0) is 9.84. The van der Waals surface area contributed by atoms with Crippen molar-refractivity contribution in [3.63, 3.8) is 0 Å². The summed E-state index contributed by atoms with van der Waals surface area (Å²) in [5.74, 6) is -1.15. The Bertz CT molecular complexity index is 404. The van der Waals surface area contributed by atoms with E-state index in [0.29, 0.717) is 6.29 Å². The van der Waals surface area contributed by atoms with E-state index < -0.39 is 5.97 Å². The van der Waals surface area contributed by atoms with Gasteiger partial charge in [-0.1, -0.05) is 0 Å². The van der Waals surface area contributed by atoms with Crippen molar-refractivity contribution >= 4 is 12.3 Å². The van der Waals surface area contributed by atoms with Crippen molar-refractivity contribution in [3.05, 3.63) is 34.9 Å². The van der Waals surface area contributed by atoms with E-state index in [4.69, 9.17) is 10.4 Å². The molecule has 0 aromatic heterocycles. The fourth-order valence-electron chi connectivity index (χ4n) is 0.908. The molecule has 64 valence electrons. The molecule has 0 radical (unpaired) electrons. The highest BCUT2D eigenvalue weighted by Gasteiger charge is 2.05. The molecule has 4 nitrogen and oxygen atoms in total. The number of benzene rings is 1. The average Bonchev–Trinajstić information content (AvgIpc) is 2.16. The summed E-state index contributed by atoms with van der Waals surface area (Å²) in [5.41, 5.74) is 0.305. The minimum Gasteiger partial charge on any atom is -0.478 e. The Morgan fingerprint density at radius 1 is 1.46 bits per heavy atom. The van der Waals surface area contributed by atoms with Gasteiger partial charge in [0.2, 0.25) is 0 Å². The zero-order valence-electron chi connectivity index (χ0n) is 6.52. The summed E-state index contributed by atoms with van der Waals surface area (Å²) in [6, 6.07) is 5.54. The summed E-state index contributed by atoms with van der Waals surface area (Å²) in [7, 11) is 0. The lowest BCUT2D eigenvalue weighted by Gasteiger charge is -1.96. The van der Waals surface area contributed by atoms with Crippen LogP contribution < -0.4 is 0 Å². The maximum Gasteiger partial charge on any atom is 0.335 e. The Morgan fingerprint density at radius 3 is 2.62 bits per heavy atom. The smallest absolute Gasteiger partial charge is 0.335 e. The van der Waals surface area contributed by atoms with Gasteiger partial charge in [0.15, 0.2) is 0 Å². The maximum absolute atomic E-state index is 10.5. The number of aromatic carboxylic acids is 1. The van der Waals surface area contributed by atoms with Crippen molar-refractivity contribution in [3.8, 4) is 6.07 Å². The molecular formula is C9H5NO3. The second kappa shape index (κ2) is 3.50. The van der Waals surface area contributed by atoms with Gasteiger partial charge in [-0.05, 0) is 18.2 Å². The van der Waals surface area contributed by atoms with Gasteiger partial charge in [-0.15, -0.1) is 0 Å². The number of rotatable bonds is 2. The van der Waals surface area contributed by atoms with E-state index in [9.17, 15) is 9.59 Å². The molecule has 0 heterocycles. The van der Waals surface area contributed by atoms with Gasteiger partial charge in [-0.25, -0.2) is 4.79 Å². The van der Waals surface area contributed by atoms with Crippen LogP contribution in [-0.2, 0) is 0 Å². The molecule has 0 atom stereocenters. The molecule has 13 heavy (non-hydrogen) atoms. The molecule has 0 spiro atoms. The molecule has 4 heteroatoms. The Hall–Kier alpha value is -2.15. The first-order chi connectivity index (χ1) is 6.17. The minimum atomic E-state index is -1.15. The molecular weight excluding hydrogens is 170 g/mol. The van der Waals surface area contributed by atoms with Crippen molar-refractivity contribution in [1.82, 2.24) is 0 Å². The Labute approximate surface area is 74.0 Å². The minimum absolute atomic E-state index is 0.0545. The second-order valence-electron chi connectivity index (χ2n) is 2.38. The van der Waals surface area contributed by atoms with E-state index in [-0.39, 0.29) is 16.7 Å². The van der Waals surface area contributed by atoms with Crippen LogP contribution in [0.2, 0.25) is 0 Å². The Kier molecular flexibility index (Phi) is 2.41. The third-order valence-electron chi connectivity index (χ3n) is 1.47. The predicted molar refractivity (Wildman–Crippen MR) is 43.5 cm³/mol. The van der Waals surface area contributed by atoms with E-state index >= 15 is 0 Å². The number of carbonyl (C=O) groups excluding carboxylic acids is 1. The lowest BCUT2D eigenvalue weighted by Crippen LogP contribution is -1.98. The van der Waals surface area contributed by atoms with Crippen LogP contribution in [-0.4, -0.2) is 17.4 Å². The van der Waals surface area contributed by atoms with Gasteiger partial charge in [-0.3, -0.25) is 4.79 Å². The van der Waals surface area contributed by atoms with Gasteiger partial charge in [0.1, 0.15) is 6.29 Å². The largest absolute Gasteiger partial charge is 0.478 e. The van der Waals surface area contributed by atoms with Crippen molar-refractivity contribution in [1.29, 1.82) is 5.26 Å². The van der Waals surface area contributed by atoms with Crippen LogP contribution in [0.3, 0.4) is 0 Å². The lowest BCUT2D eigenvalue weighted by molar-refractivity contribution is 0.0697. The van der Waals surface area contributed by atoms with Crippen molar-refractivity contribution < 1.29 is 14.7 Å². The third-order valence-corrected chi connectivity index (χ3v) is 1.47. The fourth-order valence-corrected chi connectivity index (χ4v) is 0.908. The van der Waals surface area contributed by atoms with Gasteiger partial charge in [0.05, 0.1) is 17.2 Å². The molecule has 0 saturated heterocycles. The van der Waals surface area contributed by atoms with Crippen LogP contribution in [0.15, 0.2) is 18.2 Å². The normalized spacial score (nSPS) is 8.85. The van der Waals surface area contributed by atoms with Crippen molar-refractivity contribution in [2.45, 2.75) is 0 Å². The molecule has 0 unspecified atom stereocenters. The fraction of sp³-hybridized carbons (Fsp3) is 0. The molecule has 0 saturated carbocycles. The molecule has 1 rings (SSSR count). The van der Waals surface area contributed by atoms with E-state index in [1.807, 2.05) is 0 Å². The zero-order valence-corrected chi connectivity index (χ0v) is 6.52. The second-order valence-corrected chi connectivity index (χ2v) is 2.38. The number of hydrogen-bond donors (Lipinski definition) is 1. The summed E-state index contributed by atoms with van der Waals surface area (Å²) < 4.78 is 0. The van der Waals surface area contributed by atoms with Crippen LogP contribution in [0.1, 0.15) is 26.3 Å². The van der Waals surface area contributed by atoms with Crippen molar-refractivity contribution in [2.75, 3.05) is 0 Å². The number of carbonyl (C=O) groups is 2. The van der Waals surface area contributed by atoms with E-state index in [0.717, 1.165) is 0 Å². The number of aldehydes is 1. The Morgan fingerprint density at radius 2 is 2.15 bits per heavy atom. The number of nitriles is 1. The first-order valence-corrected chi connectivity index (χ1v) is 3.41. The van der Waals surface area contributed by atoms with E-state index in [1.165, 1.54) is 18.2 Å². The average molecular weight is 175 g/mol. The van der Waals surface area contributed by atoms with Gasteiger partial charge >= 0.3 is 5.97 Å². The summed E-state index contributed by atoms with van der Waals surface area (Å²) >= 11 is 0. The molecule has 0 aliphatic rings. The van der Waals surface area contributed by atoms with Crippen molar-refractivity contribution in [2.24, 2.45) is 0 Å². The van der Waals surface area contributed by atoms with Gasteiger partial charge < -0.3 is 5.11 Å². The van der Waals surface area contributed by atoms with Gasteiger partial charge in [0, 0.05) is 5.56 Å². The molecule has 0 fully saturated rings. The molecule has 0 aliphatic carbocycles. The number of carboxylic acids is 1. The van der Waals surface area contributed by atoms with Crippen LogP contribution >= 0.6 is 0 Å².